The predicted molar refractivity (Wildman–Crippen MR) is 94.3 cm³/mol. The molecule has 146 valence electrons. The number of aryl methyl sites for hydroxylation is 1. The number of amides is 2. The highest BCUT2D eigenvalue weighted by atomic mass is 16.5. The van der Waals surface area contributed by atoms with E-state index in [1.165, 1.54) is 20.1 Å². The second-order valence-corrected chi connectivity index (χ2v) is 5.97. The standard InChI is InChI=1S/C18H22N2O7/c1-5-27-13(21)8-20-10(3)14(17(23)24)15(19-18(20)25)11-6-9(2)16(22)12(7-11)26-4/h6-7,15,22H,5,8H2,1-4H3,(H,19,25)(H,23,24). The van der Waals surface area contributed by atoms with Crippen molar-refractivity contribution in [1.29, 1.82) is 0 Å². The number of ether oxygens (including phenoxy) is 2. The molecule has 0 fully saturated rings. The van der Waals surface area contributed by atoms with Crippen molar-refractivity contribution < 1.29 is 34.1 Å². The van der Waals surface area contributed by atoms with Gasteiger partial charge in [0, 0.05) is 5.70 Å². The number of urea groups is 1. The number of benzene rings is 1. The van der Waals surface area contributed by atoms with Gasteiger partial charge in [0.2, 0.25) is 0 Å². The first-order valence-electron chi connectivity index (χ1n) is 8.26. The summed E-state index contributed by atoms with van der Waals surface area (Å²) < 4.78 is 9.94. The molecule has 3 N–H and O–H groups in total. The zero-order valence-corrected chi connectivity index (χ0v) is 15.5. The van der Waals surface area contributed by atoms with Gasteiger partial charge in [-0.15, -0.1) is 0 Å². The zero-order chi connectivity index (χ0) is 20.3. The molecule has 1 aliphatic heterocycles. The highest BCUT2D eigenvalue weighted by Gasteiger charge is 2.37. The Morgan fingerprint density at radius 1 is 1.30 bits per heavy atom. The van der Waals surface area contributed by atoms with E-state index in [1.54, 1.807) is 19.9 Å². The van der Waals surface area contributed by atoms with Crippen LogP contribution in [0.25, 0.3) is 0 Å². The number of carboxylic acid groups (broad SMARTS) is 1. The van der Waals surface area contributed by atoms with Gasteiger partial charge in [-0.1, -0.05) is 0 Å². The van der Waals surface area contributed by atoms with Crippen LogP contribution in [0.5, 0.6) is 11.5 Å². The van der Waals surface area contributed by atoms with Crippen LogP contribution in [-0.4, -0.2) is 53.3 Å². The van der Waals surface area contributed by atoms with Crippen molar-refractivity contribution in [2.75, 3.05) is 20.3 Å². The van der Waals surface area contributed by atoms with Crippen LogP contribution < -0.4 is 10.1 Å². The number of aromatic hydroxyl groups is 1. The number of nitrogens with one attached hydrogen (secondary N) is 1. The fourth-order valence-corrected chi connectivity index (χ4v) is 2.93. The molecule has 1 unspecified atom stereocenters. The second-order valence-electron chi connectivity index (χ2n) is 5.97. The van der Waals surface area contributed by atoms with E-state index in [0.717, 1.165) is 4.90 Å². The molecule has 0 bridgehead atoms. The highest BCUT2D eigenvalue weighted by Crippen LogP contribution is 2.37. The number of carbonyl (C=O) groups is 3. The first kappa shape index (κ1) is 20.1. The molecule has 9 heteroatoms. The van der Waals surface area contributed by atoms with Gasteiger partial charge in [-0.25, -0.2) is 9.59 Å². The summed E-state index contributed by atoms with van der Waals surface area (Å²) in [5, 5.41) is 22.3. The monoisotopic (exact) mass is 378 g/mol. The normalized spacial score (nSPS) is 16.8. The number of allylic oxidation sites excluding steroid dienone is 1. The Labute approximate surface area is 156 Å². The lowest BCUT2D eigenvalue weighted by Gasteiger charge is -2.34. The van der Waals surface area contributed by atoms with Crippen LogP contribution >= 0.6 is 0 Å². The van der Waals surface area contributed by atoms with E-state index in [1.807, 2.05) is 0 Å². The molecular weight excluding hydrogens is 356 g/mol. The third-order valence-electron chi connectivity index (χ3n) is 4.26. The summed E-state index contributed by atoms with van der Waals surface area (Å²) >= 11 is 0. The molecule has 27 heavy (non-hydrogen) atoms. The van der Waals surface area contributed by atoms with Crippen molar-refractivity contribution in [3.05, 3.63) is 34.5 Å². The average Bonchev–Trinajstić information content (AvgIpc) is 2.60. The molecule has 1 heterocycles. The largest absolute Gasteiger partial charge is 0.504 e. The molecular formula is C18H22N2O7. The number of hydrogen-bond donors (Lipinski definition) is 3. The molecule has 0 spiro atoms. The molecule has 9 nitrogen and oxygen atoms in total. The molecule has 2 amide bonds. The lowest BCUT2D eigenvalue weighted by atomic mass is 9.93. The van der Waals surface area contributed by atoms with Crippen LogP contribution in [0.4, 0.5) is 4.79 Å². The number of rotatable bonds is 6. The Hall–Kier alpha value is -3.23. The van der Waals surface area contributed by atoms with E-state index in [2.05, 4.69) is 5.32 Å². The van der Waals surface area contributed by atoms with Crippen LogP contribution in [0.15, 0.2) is 23.4 Å². The van der Waals surface area contributed by atoms with Crippen molar-refractivity contribution in [2.24, 2.45) is 0 Å². The Morgan fingerprint density at radius 2 is 1.96 bits per heavy atom. The van der Waals surface area contributed by atoms with E-state index >= 15 is 0 Å². The number of methoxy groups -OCH3 is 1. The Morgan fingerprint density at radius 3 is 2.52 bits per heavy atom. The molecule has 1 atom stereocenters. The van der Waals surface area contributed by atoms with Gasteiger partial charge in [0.05, 0.1) is 25.3 Å². The SMILES string of the molecule is CCOC(=O)CN1C(=O)NC(c2cc(C)c(O)c(OC)c2)C(C(=O)O)=C1C. The van der Waals surface area contributed by atoms with Crippen molar-refractivity contribution >= 4 is 18.0 Å². The molecule has 0 radical (unpaired) electrons. The summed E-state index contributed by atoms with van der Waals surface area (Å²) in [5.74, 6) is -1.78. The summed E-state index contributed by atoms with van der Waals surface area (Å²) in [7, 11) is 1.37. The van der Waals surface area contributed by atoms with E-state index < -0.39 is 30.6 Å². The maximum Gasteiger partial charge on any atom is 0.335 e. The van der Waals surface area contributed by atoms with Crippen LogP contribution in [0, 0.1) is 6.92 Å². The Kier molecular flexibility index (Phi) is 5.94. The van der Waals surface area contributed by atoms with Gasteiger partial charge < -0.3 is 25.0 Å². The molecule has 1 aromatic carbocycles. The summed E-state index contributed by atoms with van der Waals surface area (Å²) in [6, 6.07) is 1.44. The minimum atomic E-state index is -1.24. The summed E-state index contributed by atoms with van der Waals surface area (Å²) in [6.07, 6.45) is 0. The maximum absolute atomic E-state index is 12.5. The van der Waals surface area contributed by atoms with Crippen molar-refractivity contribution in [2.45, 2.75) is 26.8 Å². The van der Waals surface area contributed by atoms with Crippen molar-refractivity contribution in [3.8, 4) is 11.5 Å². The Balaban J connectivity index is 2.51. The number of esters is 1. The van der Waals surface area contributed by atoms with Gasteiger partial charge in [-0.3, -0.25) is 9.69 Å². The van der Waals surface area contributed by atoms with E-state index in [9.17, 15) is 24.6 Å². The Bertz CT molecular complexity index is 816. The quantitative estimate of drug-likeness (QED) is 0.643. The minimum absolute atomic E-state index is 0.0649. The van der Waals surface area contributed by atoms with E-state index in [0.29, 0.717) is 11.1 Å². The van der Waals surface area contributed by atoms with Gasteiger partial charge in [-0.2, -0.15) is 0 Å². The topological polar surface area (TPSA) is 125 Å². The minimum Gasteiger partial charge on any atom is -0.504 e. The van der Waals surface area contributed by atoms with Crippen molar-refractivity contribution in [3.63, 3.8) is 0 Å². The lowest BCUT2D eigenvalue weighted by molar-refractivity contribution is -0.143. The van der Waals surface area contributed by atoms with Gasteiger partial charge in [0.25, 0.3) is 0 Å². The number of nitrogens with zero attached hydrogens (tertiary/aromatic N) is 1. The number of carboxylic acids is 1. The number of phenols is 1. The van der Waals surface area contributed by atoms with Crippen LogP contribution in [0.2, 0.25) is 0 Å². The summed E-state index contributed by atoms with van der Waals surface area (Å²) in [4.78, 5) is 37.2. The number of aliphatic carboxylic acids is 1. The molecule has 0 aliphatic carbocycles. The second kappa shape index (κ2) is 7.98. The predicted octanol–water partition coefficient (Wildman–Crippen LogP) is 1.70. The lowest BCUT2D eigenvalue weighted by Crippen LogP contribution is -2.49. The van der Waals surface area contributed by atoms with Crippen LogP contribution in [-0.2, 0) is 14.3 Å². The van der Waals surface area contributed by atoms with Gasteiger partial charge in [0.15, 0.2) is 11.5 Å². The molecule has 2 rings (SSSR count). The fraction of sp³-hybridized carbons (Fsp3) is 0.389. The molecule has 1 aromatic rings. The molecule has 1 aliphatic rings. The average molecular weight is 378 g/mol. The number of hydrogen-bond acceptors (Lipinski definition) is 6. The molecule has 0 saturated carbocycles. The number of carbonyl (C=O) groups excluding carboxylic acids is 2. The van der Waals surface area contributed by atoms with Gasteiger partial charge in [0.1, 0.15) is 6.54 Å². The van der Waals surface area contributed by atoms with E-state index in [-0.39, 0.29) is 29.4 Å². The maximum atomic E-state index is 12.5. The summed E-state index contributed by atoms with van der Waals surface area (Å²) in [6.45, 7) is 4.48. The smallest absolute Gasteiger partial charge is 0.335 e. The van der Waals surface area contributed by atoms with E-state index in [4.69, 9.17) is 9.47 Å². The fourth-order valence-electron chi connectivity index (χ4n) is 2.93. The highest BCUT2D eigenvalue weighted by molar-refractivity contribution is 5.94. The zero-order valence-electron chi connectivity index (χ0n) is 15.5. The van der Waals surface area contributed by atoms with Gasteiger partial charge in [-0.05, 0) is 44.0 Å². The van der Waals surface area contributed by atoms with Crippen LogP contribution in [0.3, 0.4) is 0 Å². The number of phenolic OH excluding ortho intramolecular Hbond substituents is 1. The van der Waals surface area contributed by atoms with Gasteiger partial charge >= 0.3 is 18.0 Å². The van der Waals surface area contributed by atoms with Crippen molar-refractivity contribution in [1.82, 2.24) is 10.2 Å². The third-order valence-corrected chi connectivity index (χ3v) is 4.26. The molecule has 0 aromatic heterocycles. The summed E-state index contributed by atoms with van der Waals surface area (Å²) in [5.41, 5.74) is 0.943. The van der Waals surface area contributed by atoms with Crippen LogP contribution in [0.1, 0.15) is 31.0 Å². The first-order chi connectivity index (χ1) is 12.7. The molecule has 0 saturated heterocycles. The third kappa shape index (κ3) is 3.97. The first-order valence-corrected chi connectivity index (χ1v) is 8.26.